The number of aromatic nitrogens is 2. The summed E-state index contributed by atoms with van der Waals surface area (Å²) in [5.41, 5.74) is 2.17. The number of likely N-dealkylation sites (N-methyl/N-ethyl adjacent to an activating group) is 1. The number of aliphatic carboxylic acids is 1. The highest BCUT2D eigenvalue weighted by Gasteiger charge is 2.31. The van der Waals surface area contributed by atoms with Gasteiger partial charge in [0.2, 0.25) is 0 Å². The van der Waals surface area contributed by atoms with E-state index in [0.29, 0.717) is 6.54 Å². The summed E-state index contributed by atoms with van der Waals surface area (Å²) in [7, 11) is 3.77. The van der Waals surface area contributed by atoms with E-state index in [9.17, 15) is 9.90 Å². The standard InChI is InChI=1S/C14H19N3O2/c1-14(2,13(18)19)17(4)8-10-5-6-12-11(7-10)15-9-16(12)3/h5-7,9H,8H2,1-4H3,(H,18,19). The van der Waals surface area contributed by atoms with Crippen LogP contribution in [0.15, 0.2) is 24.5 Å². The van der Waals surface area contributed by atoms with Gasteiger partial charge in [-0.3, -0.25) is 9.69 Å². The fourth-order valence-electron chi connectivity index (χ4n) is 1.91. The zero-order valence-corrected chi connectivity index (χ0v) is 11.7. The molecule has 0 aliphatic rings. The SMILES string of the molecule is CN(Cc1ccc2c(c1)ncn2C)C(C)(C)C(=O)O. The second kappa shape index (κ2) is 4.66. The van der Waals surface area contributed by atoms with E-state index in [0.717, 1.165) is 16.6 Å². The average molecular weight is 261 g/mol. The predicted octanol–water partition coefficient (Wildman–Crippen LogP) is 1.87. The first kappa shape index (κ1) is 13.5. The van der Waals surface area contributed by atoms with Crippen LogP contribution in [0.1, 0.15) is 19.4 Å². The van der Waals surface area contributed by atoms with Crippen LogP contribution in [0.5, 0.6) is 0 Å². The second-order valence-corrected chi connectivity index (χ2v) is 5.40. The molecule has 0 fully saturated rings. The lowest BCUT2D eigenvalue weighted by molar-refractivity contribution is -0.148. The van der Waals surface area contributed by atoms with Gasteiger partial charge in [-0.05, 0) is 38.6 Å². The average Bonchev–Trinajstić information content (AvgIpc) is 2.70. The molecular formula is C14H19N3O2. The summed E-state index contributed by atoms with van der Waals surface area (Å²) in [5, 5.41) is 9.21. The quantitative estimate of drug-likeness (QED) is 0.912. The molecule has 1 N–H and O–H groups in total. The third-order valence-electron chi connectivity index (χ3n) is 3.69. The van der Waals surface area contributed by atoms with Gasteiger partial charge >= 0.3 is 5.97 Å². The lowest BCUT2D eigenvalue weighted by Crippen LogP contribution is -2.47. The van der Waals surface area contributed by atoms with Crippen molar-refractivity contribution in [2.75, 3.05) is 7.05 Å². The van der Waals surface area contributed by atoms with Crippen molar-refractivity contribution in [3.63, 3.8) is 0 Å². The van der Waals surface area contributed by atoms with Gasteiger partial charge in [-0.2, -0.15) is 0 Å². The lowest BCUT2D eigenvalue weighted by atomic mass is 10.0. The number of hydrogen-bond acceptors (Lipinski definition) is 3. The summed E-state index contributed by atoms with van der Waals surface area (Å²) < 4.78 is 1.96. The van der Waals surface area contributed by atoms with Gasteiger partial charge in [0.15, 0.2) is 0 Å². The molecule has 2 rings (SSSR count). The first-order chi connectivity index (χ1) is 8.82. The largest absolute Gasteiger partial charge is 0.480 e. The Hall–Kier alpha value is -1.88. The molecule has 0 atom stereocenters. The highest BCUT2D eigenvalue weighted by molar-refractivity contribution is 5.78. The van der Waals surface area contributed by atoms with E-state index in [-0.39, 0.29) is 0 Å². The van der Waals surface area contributed by atoms with E-state index < -0.39 is 11.5 Å². The maximum absolute atomic E-state index is 11.2. The number of carbonyl (C=O) groups is 1. The lowest BCUT2D eigenvalue weighted by Gasteiger charge is -2.31. The summed E-state index contributed by atoms with van der Waals surface area (Å²) in [5.74, 6) is -0.825. The van der Waals surface area contributed by atoms with Crippen molar-refractivity contribution in [1.29, 1.82) is 0 Å². The van der Waals surface area contributed by atoms with E-state index in [4.69, 9.17) is 0 Å². The number of hydrogen-bond donors (Lipinski definition) is 1. The molecule has 0 radical (unpaired) electrons. The van der Waals surface area contributed by atoms with Gasteiger partial charge in [-0.15, -0.1) is 0 Å². The Morgan fingerprint density at radius 1 is 1.47 bits per heavy atom. The molecule has 0 saturated carbocycles. The van der Waals surface area contributed by atoms with Gasteiger partial charge in [0.1, 0.15) is 5.54 Å². The van der Waals surface area contributed by atoms with E-state index in [1.807, 2.05) is 41.8 Å². The van der Waals surface area contributed by atoms with Crippen LogP contribution in [0.25, 0.3) is 11.0 Å². The van der Waals surface area contributed by atoms with Crippen molar-refractivity contribution in [2.24, 2.45) is 7.05 Å². The van der Waals surface area contributed by atoms with Gasteiger partial charge in [0.05, 0.1) is 17.4 Å². The number of imidazole rings is 1. The van der Waals surface area contributed by atoms with Gasteiger partial charge in [-0.1, -0.05) is 6.07 Å². The Bertz CT molecular complexity index is 616. The van der Waals surface area contributed by atoms with Gasteiger partial charge < -0.3 is 9.67 Å². The molecule has 2 aromatic rings. The van der Waals surface area contributed by atoms with Crippen LogP contribution in [0.2, 0.25) is 0 Å². The smallest absolute Gasteiger partial charge is 0.323 e. The summed E-state index contributed by atoms with van der Waals surface area (Å²) in [4.78, 5) is 17.3. The summed E-state index contributed by atoms with van der Waals surface area (Å²) in [6.07, 6.45) is 1.78. The van der Waals surface area contributed by atoms with Crippen molar-refractivity contribution < 1.29 is 9.90 Å². The Morgan fingerprint density at radius 2 is 2.16 bits per heavy atom. The predicted molar refractivity (Wildman–Crippen MR) is 73.9 cm³/mol. The Kier molecular flexibility index (Phi) is 3.32. The van der Waals surface area contributed by atoms with Crippen LogP contribution in [-0.2, 0) is 18.4 Å². The third kappa shape index (κ3) is 2.46. The Morgan fingerprint density at radius 3 is 2.79 bits per heavy atom. The van der Waals surface area contributed by atoms with Gasteiger partial charge in [0, 0.05) is 13.6 Å². The van der Waals surface area contributed by atoms with Crippen LogP contribution in [-0.4, -0.2) is 38.1 Å². The van der Waals surface area contributed by atoms with E-state index in [1.165, 1.54) is 0 Å². The number of fused-ring (bicyclic) bond motifs is 1. The van der Waals surface area contributed by atoms with Gasteiger partial charge in [0.25, 0.3) is 0 Å². The molecule has 5 heteroatoms. The number of aryl methyl sites for hydroxylation is 1. The normalized spacial score (nSPS) is 12.3. The van der Waals surface area contributed by atoms with Crippen LogP contribution >= 0.6 is 0 Å². The van der Waals surface area contributed by atoms with Crippen molar-refractivity contribution in [2.45, 2.75) is 25.9 Å². The second-order valence-electron chi connectivity index (χ2n) is 5.40. The molecular weight excluding hydrogens is 242 g/mol. The summed E-state index contributed by atoms with van der Waals surface area (Å²) in [6, 6.07) is 6.03. The van der Waals surface area contributed by atoms with E-state index in [2.05, 4.69) is 4.98 Å². The highest BCUT2D eigenvalue weighted by atomic mass is 16.4. The maximum atomic E-state index is 11.2. The molecule has 19 heavy (non-hydrogen) atoms. The number of nitrogens with zero attached hydrogens (tertiary/aromatic N) is 3. The minimum Gasteiger partial charge on any atom is -0.480 e. The molecule has 0 saturated heterocycles. The van der Waals surface area contributed by atoms with Crippen LogP contribution < -0.4 is 0 Å². The topological polar surface area (TPSA) is 58.4 Å². The van der Waals surface area contributed by atoms with Crippen LogP contribution in [0, 0.1) is 0 Å². The summed E-state index contributed by atoms with van der Waals surface area (Å²) in [6.45, 7) is 3.98. The monoisotopic (exact) mass is 261 g/mol. The van der Waals surface area contributed by atoms with E-state index in [1.54, 1.807) is 20.2 Å². The molecule has 0 aliphatic heterocycles. The number of carboxylic acid groups (broad SMARTS) is 1. The minimum atomic E-state index is -0.890. The fourth-order valence-corrected chi connectivity index (χ4v) is 1.91. The van der Waals surface area contributed by atoms with Crippen LogP contribution in [0.3, 0.4) is 0 Å². The van der Waals surface area contributed by atoms with E-state index >= 15 is 0 Å². The first-order valence-corrected chi connectivity index (χ1v) is 6.17. The molecule has 1 aromatic carbocycles. The molecule has 1 aromatic heterocycles. The fraction of sp³-hybridized carbons (Fsp3) is 0.429. The first-order valence-electron chi connectivity index (χ1n) is 6.17. The zero-order valence-electron chi connectivity index (χ0n) is 11.7. The van der Waals surface area contributed by atoms with Crippen molar-refractivity contribution in [3.8, 4) is 0 Å². The van der Waals surface area contributed by atoms with Crippen molar-refractivity contribution >= 4 is 17.0 Å². The molecule has 5 nitrogen and oxygen atoms in total. The molecule has 1 heterocycles. The Labute approximate surface area is 112 Å². The minimum absolute atomic E-state index is 0.575. The Balaban J connectivity index is 2.24. The molecule has 0 amide bonds. The van der Waals surface area contributed by atoms with Gasteiger partial charge in [-0.25, -0.2) is 4.98 Å². The number of carboxylic acids is 1. The summed E-state index contributed by atoms with van der Waals surface area (Å²) >= 11 is 0. The third-order valence-corrected chi connectivity index (χ3v) is 3.69. The number of benzene rings is 1. The van der Waals surface area contributed by atoms with Crippen LogP contribution in [0.4, 0.5) is 0 Å². The molecule has 0 aliphatic carbocycles. The number of rotatable bonds is 4. The highest BCUT2D eigenvalue weighted by Crippen LogP contribution is 2.19. The molecule has 102 valence electrons. The maximum Gasteiger partial charge on any atom is 0.323 e. The zero-order chi connectivity index (χ0) is 14.2. The molecule has 0 unspecified atom stereocenters. The van der Waals surface area contributed by atoms with Crippen molar-refractivity contribution in [1.82, 2.24) is 14.5 Å². The van der Waals surface area contributed by atoms with Crippen molar-refractivity contribution in [3.05, 3.63) is 30.1 Å². The molecule has 0 bridgehead atoms. The molecule has 0 spiro atoms.